The van der Waals surface area contributed by atoms with Crippen molar-refractivity contribution in [3.05, 3.63) is 176 Å². The molecule has 0 unspecified atom stereocenters. The fourth-order valence-corrected chi connectivity index (χ4v) is 6.30. The summed E-state index contributed by atoms with van der Waals surface area (Å²) in [7, 11) is 0. The molecule has 5 aromatic carbocycles. The molecule has 2 nitrogen and oxygen atoms in total. The molecule has 0 bridgehead atoms. The molecule has 0 aliphatic heterocycles. The standard InChI is InChI=1S/C24BF20.C11H6F5N2/c26-5-1(6(27)14(35)21(42)13(5)34)25(2-7(28)15(36)22(43)16(37)8(2)29,3-9(30)17(38)23(44)18(39)10(3)31)4-11(32)19(40)24(45)20(41)12(4)33;12-7-6(5-18-3-1-17-2-4-18)8(13)10(15)11(16)9(7)14/h;1-4H,5H2/q-1;+1. The van der Waals surface area contributed by atoms with Crippen LogP contribution in [-0.2, 0) is 6.54 Å². The molecule has 0 saturated carbocycles. The molecule has 6 aromatic rings. The van der Waals surface area contributed by atoms with Gasteiger partial charge in [0.25, 0.3) is 0 Å². The second-order valence-electron chi connectivity index (χ2n) is 12.3. The van der Waals surface area contributed by atoms with E-state index >= 15 is 35.1 Å². The van der Waals surface area contributed by atoms with Gasteiger partial charge in [0.2, 0.25) is 5.82 Å². The van der Waals surface area contributed by atoms with Gasteiger partial charge in [0.05, 0.1) is 18.0 Å². The first-order valence-corrected chi connectivity index (χ1v) is 15.7. The van der Waals surface area contributed by atoms with Crippen LogP contribution in [0.4, 0.5) is 110 Å². The number of benzene rings is 5. The van der Waals surface area contributed by atoms with Crippen LogP contribution in [0.1, 0.15) is 5.56 Å². The molecule has 28 heteroatoms. The van der Waals surface area contributed by atoms with Gasteiger partial charge in [-0.3, -0.25) is 4.98 Å². The largest absolute Gasteiger partial charge is 0.252 e. The van der Waals surface area contributed by atoms with E-state index in [0.717, 1.165) is 0 Å². The van der Waals surface area contributed by atoms with Crippen molar-refractivity contribution >= 4 is 28.0 Å². The first kappa shape index (κ1) is 47.5. The third kappa shape index (κ3) is 7.11. The molecule has 63 heavy (non-hydrogen) atoms. The van der Waals surface area contributed by atoms with Crippen molar-refractivity contribution in [2.45, 2.75) is 6.54 Å². The third-order valence-electron chi connectivity index (χ3n) is 9.04. The SMILES string of the molecule is Fc1c(F)c(F)c(C[n+]2ccncc2)c(F)c1F.Fc1c(F)c(F)c([B-](c2c(F)c(F)c(F)c(F)c2F)(c2c(F)c(F)c(F)c(F)c2F)c2c(F)c(F)c(F)c(F)c2F)c(F)c1F. The predicted octanol–water partition coefficient (Wildman–Crippen LogP) is 7.96. The summed E-state index contributed by atoms with van der Waals surface area (Å²) in [5, 5.41) is 0. The second-order valence-corrected chi connectivity index (χ2v) is 12.3. The van der Waals surface area contributed by atoms with Crippen LogP contribution in [0.15, 0.2) is 24.8 Å². The van der Waals surface area contributed by atoms with Gasteiger partial charge in [0.1, 0.15) is 52.7 Å². The zero-order valence-corrected chi connectivity index (χ0v) is 28.9. The van der Waals surface area contributed by atoms with Gasteiger partial charge in [0, 0.05) is 0 Å². The summed E-state index contributed by atoms with van der Waals surface area (Å²) >= 11 is 0. The van der Waals surface area contributed by atoms with E-state index < -0.39 is 186 Å². The average Bonchev–Trinajstić information content (AvgIpc) is 3.26. The van der Waals surface area contributed by atoms with Gasteiger partial charge >= 0.3 is 0 Å². The van der Waals surface area contributed by atoms with Crippen molar-refractivity contribution in [1.82, 2.24) is 4.98 Å². The topological polar surface area (TPSA) is 16.8 Å². The molecule has 0 fully saturated rings. The van der Waals surface area contributed by atoms with Crippen molar-refractivity contribution in [3.8, 4) is 0 Å². The lowest BCUT2D eigenvalue weighted by molar-refractivity contribution is -0.689. The van der Waals surface area contributed by atoms with Gasteiger partial charge in [-0.15, -0.1) is 21.9 Å². The van der Waals surface area contributed by atoms with E-state index in [4.69, 9.17) is 0 Å². The molecular weight excluding hydrogens is 934 g/mol. The second kappa shape index (κ2) is 17.0. The molecule has 0 radical (unpaired) electrons. The predicted molar refractivity (Wildman–Crippen MR) is 159 cm³/mol. The van der Waals surface area contributed by atoms with E-state index in [9.17, 15) is 74.6 Å². The fraction of sp³-hybridized carbons (Fsp3) is 0.0286. The Hall–Kier alpha value is -6.51. The number of nitrogens with zero attached hydrogens (tertiary/aromatic N) is 2. The summed E-state index contributed by atoms with van der Waals surface area (Å²) in [5.74, 6) is -81.1. The summed E-state index contributed by atoms with van der Waals surface area (Å²) in [6.07, 6.45) is -1.88. The molecule has 0 aliphatic carbocycles. The van der Waals surface area contributed by atoms with E-state index in [1.807, 2.05) is 0 Å². The van der Waals surface area contributed by atoms with Crippen molar-refractivity contribution < 1.29 is 114 Å². The zero-order valence-electron chi connectivity index (χ0n) is 28.9. The first-order chi connectivity index (χ1) is 29.2. The summed E-state index contributed by atoms with van der Waals surface area (Å²) < 4.78 is 361. The Kier molecular flexibility index (Phi) is 12.8. The van der Waals surface area contributed by atoms with E-state index in [1.54, 1.807) is 0 Å². The van der Waals surface area contributed by atoms with Crippen LogP contribution < -0.4 is 26.4 Å². The molecule has 334 valence electrons. The van der Waals surface area contributed by atoms with Crippen LogP contribution in [0.3, 0.4) is 0 Å². The Balaban J connectivity index is 0.000000345. The van der Waals surface area contributed by atoms with Crippen LogP contribution in [0, 0.1) is 145 Å². The Labute approximate surface area is 330 Å². The highest BCUT2D eigenvalue weighted by molar-refractivity contribution is 7.20. The number of hydrogen-bond acceptors (Lipinski definition) is 1. The summed E-state index contributed by atoms with van der Waals surface area (Å²) in [6.45, 7) is -0.478. The van der Waals surface area contributed by atoms with Crippen molar-refractivity contribution in [2.75, 3.05) is 0 Å². The van der Waals surface area contributed by atoms with Gasteiger partial charge in [0.15, 0.2) is 112 Å². The maximum absolute atomic E-state index is 15.4. The minimum atomic E-state index is -7.22. The van der Waals surface area contributed by atoms with Gasteiger partial charge in [-0.1, -0.05) is 0 Å². The molecule has 6 rings (SSSR count). The van der Waals surface area contributed by atoms with Crippen molar-refractivity contribution in [1.29, 1.82) is 0 Å². The highest BCUT2D eigenvalue weighted by atomic mass is 19.2. The maximum Gasteiger partial charge on any atom is 0.200 e. The molecule has 0 spiro atoms. The average molecular weight is 940 g/mol. The molecule has 1 heterocycles. The number of aromatic nitrogens is 2. The Morgan fingerprint density at radius 3 is 0.651 bits per heavy atom. The maximum atomic E-state index is 15.4. The zero-order chi connectivity index (χ0) is 47.6. The monoisotopic (exact) mass is 940 g/mol. The van der Waals surface area contributed by atoms with E-state index in [-0.39, 0.29) is 0 Å². The normalized spacial score (nSPS) is 11.6. The molecule has 0 aliphatic rings. The smallest absolute Gasteiger partial charge is 0.200 e. The van der Waals surface area contributed by atoms with E-state index in [0.29, 0.717) is 0 Å². The Morgan fingerprint density at radius 2 is 0.444 bits per heavy atom. The molecule has 0 saturated heterocycles. The van der Waals surface area contributed by atoms with Gasteiger partial charge < -0.3 is 0 Å². The van der Waals surface area contributed by atoms with Crippen molar-refractivity contribution in [3.63, 3.8) is 0 Å². The minimum absolute atomic E-state index is 0.478. The molecule has 0 N–H and O–H groups in total. The lowest BCUT2D eigenvalue weighted by Gasteiger charge is -2.44. The summed E-state index contributed by atoms with van der Waals surface area (Å²) in [4.78, 5) is 3.66. The third-order valence-corrected chi connectivity index (χ3v) is 9.04. The number of rotatable bonds is 6. The van der Waals surface area contributed by atoms with Gasteiger partial charge in [-0.05, 0) is 0 Å². The van der Waals surface area contributed by atoms with E-state index in [1.165, 1.54) is 29.4 Å². The lowest BCUT2D eigenvalue weighted by atomic mass is 9.12. The van der Waals surface area contributed by atoms with Crippen LogP contribution in [0.25, 0.3) is 0 Å². The molecule has 0 amide bonds. The summed E-state index contributed by atoms with van der Waals surface area (Å²) in [6, 6.07) is 0. The Morgan fingerprint density at radius 1 is 0.270 bits per heavy atom. The molecular formula is C35H6BF25N2. The first-order valence-electron chi connectivity index (χ1n) is 15.7. The number of halogens is 25. The minimum Gasteiger partial charge on any atom is -0.252 e. The van der Waals surface area contributed by atoms with Crippen LogP contribution in [-0.4, -0.2) is 11.1 Å². The fourth-order valence-electron chi connectivity index (χ4n) is 6.30. The van der Waals surface area contributed by atoms with Crippen LogP contribution in [0.2, 0.25) is 0 Å². The molecule has 1 aromatic heterocycles. The summed E-state index contributed by atoms with van der Waals surface area (Å²) in [5.41, 5.74) is -15.2. The van der Waals surface area contributed by atoms with Gasteiger partial charge in [-0.25, -0.2) is 110 Å². The van der Waals surface area contributed by atoms with E-state index in [2.05, 4.69) is 4.98 Å². The van der Waals surface area contributed by atoms with Crippen LogP contribution in [0.5, 0.6) is 0 Å². The lowest BCUT2D eigenvalue weighted by Crippen LogP contribution is -2.81. The Bertz CT molecular complexity index is 2460. The molecule has 0 atom stereocenters. The highest BCUT2D eigenvalue weighted by Crippen LogP contribution is 2.31. The van der Waals surface area contributed by atoms with Gasteiger partial charge in [-0.2, -0.15) is 4.57 Å². The van der Waals surface area contributed by atoms with Crippen molar-refractivity contribution in [2.24, 2.45) is 0 Å². The highest BCUT2D eigenvalue weighted by Gasteiger charge is 2.52. The quantitative estimate of drug-likeness (QED) is 0.0545. The number of hydrogen-bond donors (Lipinski definition) is 0. The van der Waals surface area contributed by atoms with Crippen LogP contribution >= 0.6 is 0 Å².